The van der Waals surface area contributed by atoms with E-state index in [1.54, 1.807) is 18.5 Å². The molecule has 3 rings (SSSR count). The van der Waals surface area contributed by atoms with Crippen molar-refractivity contribution in [3.05, 3.63) is 40.6 Å². The number of benzene rings is 1. The molecular weight excluding hydrogens is 434 g/mol. The number of nitrogens with one attached hydrogen (secondary N) is 1. The standard InChI is InChI=1S/C20H28BrN7O/c1-26(2)8-9-27(3)18-10-14(4-5-17(18)22)19(29)28-7-6-16(13-28)25-20-23-11-15(21)12-24-20/h4-5,10-12,16H,6-9,13,22H2,1-3H3,(H,23,24,25)/t16-/m0/s1. The summed E-state index contributed by atoms with van der Waals surface area (Å²) in [6.45, 7) is 3.06. The van der Waals surface area contributed by atoms with Crippen molar-refractivity contribution >= 4 is 39.2 Å². The maximum Gasteiger partial charge on any atom is 0.254 e. The van der Waals surface area contributed by atoms with Crippen LogP contribution in [0.25, 0.3) is 0 Å². The number of nitrogens with two attached hydrogens (primary N) is 1. The first-order valence-electron chi connectivity index (χ1n) is 9.62. The highest BCUT2D eigenvalue weighted by Gasteiger charge is 2.27. The summed E-state index contributed by atoms with van der Waals surface area (Å²) < 4.78 is 0.834. The molecule has 1 saturated heterocycles. The molecule has 0 saturated carbocycles. The predicted molar refractivity (Wildman–Crippen MR) is 120 cm³/mol. The number of hydrogen-bond acceptors (Lipinski definition) is 7. The summed E-state index contributed by atoms with van der Waals surface area (Å²) >= 11 is 3.33. The first kappa shape index (κ1) is 21.3. The normalized spacial score (nSPS) is 16.3. The monoisotopic (exact) mass is 461 g/mol. The first-order valence-corrected chi connectivity index (χ1v) is 10.4. The lowest BCUT2D eigenvalue weighted by molar-refractivity contribution is 0.0791. The number of likely N-dealkylation sites (N-methyl/N-ethyl adjacent to an activating group) is 2. The van der Waals surface area contributed by atoms with Crippen molar-refractivity contribution in [2.45, 2.75) is 12.5 Å². The number of carbonyl (C=O) groups excluding carboxylic acids is 1. The van der Waals surface area contributed by atoms with Gasteiger partial charge in [0.15, 0.2) is 0 Å². The van der Waals surface area contributed by atoms with Crippen molar-refractivity contribution < 1.29 is 4.79 Å². The number of halogens is 1. The lowest BCUT2D eigenvalue weighted by Crippen LogP contribution is -2.32. The van der Waals surface area contributed by atoms with Gasteiger partial charge >= 0.3 is 0 Å². The molecule has 0 bridgehead atoms. The number of nitrogens with zero attached hydrogens (tertiary/aromatic N) is 5. The molecule has 1 aliphatic heterocycles. The summed E-state index contributed by atoms with van der Waals surface area (Å²) in [5.41, 5.74) is 8.38. The Balaban J connectivity index is 1.64. The average molecular weight is 462 g/mol. The third-order valence-corrected chi connectivity index (χ3v) is 5.41. The molecule has 1 fully saturated rings. The lowest BCUT2D eigenvalue weighted by Gasteiger charge is -2.24. The maximum atomic E-state index is 13.0. The van der Waals surface area contributed by atoms with E-state index >= 15 is 0 Å². The molecule has 29 heavy (non-hydrogen) atoms. The van der Waals surface area contributed by atoms with Gasteiger partial charge in [0.1, 0.15) is 0 Å². The predicted octanol–water partition coefficient (Wildman–Crippen LogP) is 2.15. The van der Waals surface area contributed by atoms with Crippen LogP contribution in [0.3, 0.4) is 0 Å². The summed E-state index contributed by atoms with van der Waals surface area (Å²) in [6, 6.07) is 5.65. The van der Waals surface area contributed by atoms with E-state index in [0.717, 1.165) is 29.7 Å². The molecule has 1 aromatic carbocycles. The summed E-state index contributed by atoms with van der Waals surface area (Å²) in [7, 11) is 6.07. The Kier molecular flexibility index (Phi) is 6.92. The van der Waals surface area contributed by atoms with Crippen LogP contribution in [0.5, 0.6) is 0 Å². The fraction of sp³-hybridized carbons (Fsp3) is 0.450. The zero-order chi connectivity index (χ0) is 21.0. The van der Waals surface area contributed by atoms with Crippen LogP contribution in [-0.2, 0) is 0 Å². The zero-order valence-electron chi connectivity index (χ0n) is 17.1. The van der Waals surface area contributed by atoms with Crippen molar-refractivity contribution in [2.24, 2.45) is 0 Å². The van der Waals surface area contributed by atoms with Crippen LogP contribution in [0.15, 0.2) is 35.1 Å². The smallest absolute Gasteiger partial charge is 0.254 e. The van der Waals surface area contributed by atoms with Gasteiger partial charge in [-0.3, -0.25) is 4.79 Å². The van der Waals surface area contributed by atoms with Crippen LogP contribution in [-0.4, -0.2) is 79.0 Å². The Morgan fingerprint density at radius 2 is 2.00 bits per heavy atom. The summed E-state index contributed by atoms with van der Waals surface area (Å²) in [5, 5.41) is 3.30. The highest BCUT2D eigenvalue weighted by Crippen LogP contribution is 2.25. The molecule has 156 valence electrons. The Bertz CT molecular complexity index is 843. The van der Waals surface area contributed by atoms with E-state index < -0.39 is 0 Å². The number of nitrogen functional groups attached to an aromatic ring is 1. The summed E-state index contributed by atoms with van der Waals surface area (Å²) in [6.07, 6.45) is 4.27. The van der Waals surface area contributed by atoms with Crippen LogP contribution < -0.4 is 16.0 Å². The number of carbonyl (C=O) groups is 1. The van der Waals surface area contributed by atoms with Crippen LogP contribution in [0.1, 0.15) is 16.8 Å². The number of rotatable bonds is 7. The Hall–Kier alpha value is -2.39. The molecule has 3 N–H and O–H groups in total. The summed E-state index contributed by atoms with van der Waals surface area (Å²) in [4.78, 5) is 27.6. The van der Waals surface area contributed by atoms with Crippen LogP contribution in [0.4, 0.5) is 17.3 Å². The lowest BCUT2D eigenvalue weighted by atomic mass is 10.1. The van der Waals surface area contributed by atoms with Crippen LogP contribution in [0, 0.1) is 0 Å². The van der Waals surface area contributed by atoms with Crippen molar-refractivity contribution in [1.82, 2.24) is 19.8 Å². The molecule has 9 heteroatoms. The van der Waals surface area contributed by atoms with E-state index in [9.17, 15) is 4.79 Å². The van der Waals surface area contributed by atoms with Gasteiger partial charge in [-0.05, 0) is 54.6 Å². The maximum absolute atomic E-state index is 13.0. The topological polar surface area (TPSA) is 90.6 Å². The largest absolute Gasteiger partial charge is 0.397 e. The number of amides is 1. The minimum atomic E-state index is 0.0216. The van der Waals surface area contributed by atoms with Crippen LogP contribution in [0.2, 0.25) is 0 Å². The second-order valence-corrected chi connectivity index (χ2v) is 8.52. The Labute approximate surface area is 180 Å². The van der Waals surface area contributed by atoms with Gasteiger partial charge in [0, 0.05) is 57.2 Å². The van der Waals surface area contributed by atoms with Crippen molar-refractivity contribution in [2.75, 3.05) is 63.3 Å². The number of anilines is 3. The van der Waals surface area contributed by atoms with Gasteiger partial charge < -0.3 is 25.8 Å². The highest BCUT2D eigenvalue weighted by molar-refractivity contribution is 9.10. The molecular formula is C20H28BrN7O. The van der Waals surface area contributed by atoms with Crippen molar-refractivity contribution in [1.29, 1.82) is 0 Å². The highest BCUT2D eigenvalue weighted by atomic mass is 79.9. The molecule has 2 aromatic rings. The van der Waals surface area contributed by atoms with Crippen LogP contribution >= 0.6 is 15.9 Å². The Morgan fingerprint density at radius 1 is 1.28 bits per heavy atom. The third kappa shape index (κ3) is 5.57. The van der Waals surface area contributed by atoms with E-state index in [4.69, 9.17) is 5.73 Å². The molecule has 1 aliphatic rings. The van der Waals surface area contributed by atoms with E-state index in [2.05, 4.69) is 41.0 Å². The van der Waals surface area contributed by atoms with Gasteiger partial charge in [-0.1, -0.05) is 0 Å². The number of hydrogen-bond donors (Lipinski definition) is 2. The van der Waals surface area contributed by atoms with Gasteiger partial charge in [-0.2, -0.15) is 0 Å². The molecule has 0 spiro atoms. The average Bonchev–Trinajstić information content (AvgIpc) is 3.16. The van der Waals surface area contributed by atoms with E-state index in [-0.39, 0.29) is 11.9 Å². The Morgan fingerprint density at radius 3 is 2.69 bits per heavy atom. The number of likely N-dealkylation sites (tertiary alicyclic amines) is 1. The molecule has 0 unspecified atom stereocenters. The van der Waals surface area contributed by atoms with E-state index in [1.165, 1.54) is 0 Å². The zero-order valence-corrected chi connectivity index (χ0v) is 18.7. The van der Waals surface area contributed by atoms with E-state index in [1.807, 2.05) is 38.2 Å². The number of aromatic nitrogens is 2. The fourth-order valence-corrected chi connectivity index (χ4v) is 3.50. The van der Waals surface area contributed by atoms with E-state index in [0.29, 0.717) is 30.3 Å². The quantitative estimate of drug-likeness (QED) is 0.610. The molecule has 0 radical (unpaired) electrons. The molecule has 0 aliphatic carbocycles. The fourth-order valence-electron chi connectivity index (χ4n) is 3.29. The second kappa shape index (κ2) is 9.41. The van der Waals surface area contributed by atoms with Crippen molar-refractivity contribution in [3.63, 3.8) is 0 Å². The van der Waals surface area contributed by atoms with Gasteiger partial charge in [-0.15, -0.1) is 0 Å². The third-order valence-electron chi connectivity index (χ3n) is 5.00. The minimum Gasteiger partial charge on any atom is -0.397 e. The van der Waals surface area contributed by atoms with Gasteiger partial charge in [0.2, 0.25) is 5.95 Å². The van der Waals surface area contributed by atoms with Gasteiger partial charge in [-0.25, -0.2) is 9.97 Å². The molecule has 8 nitrogen and oxygen atoms in total. The second-order valence-electron chi connectivity index (χ2n) is 7.60. The first-order chi connectivity index (χ1) is 13.8. The van der Waals surface area contributed by atoms with Gasteiger partial charge in [0.25, 0.3) is 5.91 Å². The van der Waals surface area contributed by atoms with Crippen molar-refractivity contribution in [3.8, 4) is 0 Å². The molecule has 1 aromatic heterocycles. The van der Waals surface area contributed by atoms with Gasteiger partial charge in [0.05, 0.1) is 15.8 Å². The molecule has 2 heterocycles. The SMILES string of the molecule is CN(C)CCN(C)c1cc(C(=O)N2CC[C@H](Nc3ncc(Br)cn3)C2)ccc1N. The molecule has 1 amide bonds. The minimum absolute atomic E-state index is 0.0216. The molecule has 1 atom stereocenters. The summed E-state index contributed by atoms with van der Waals surface area (Å²) in [5.74, 6) is 0.595.